The third-order valence-corrected chi connectivity index (χ3v) is 3.26. The fraction of sp³-hybridized carbons (Fsp3) is 0.357. The number of benzene rings is 1. The molecule has 0 spiro atoms. The van der Waals surface area contributed by atoms with Crippen LogP contribution in [0.25, 0.3) is 11.0 Å². The van der Waals surface area contributed by atoms with Crippen molar-refractivity contribution >= 4 is 22.6 Å². The van der Waals surface area contributed by atoms with Gasteiger partial charge in [0.15, 0.2) is 5.76 Å². The standard InChI is InChI=1S/C14H16N2O3/c15-10-3-4-12-9(6-10)7-13(19-12)14(17)16-11-2-1-5-18-8-11/h3-4,6-7,11H,1-2,5,8,15H2,(H,16,17). The molecule has 0 aliphatic carbocycles. The molecule has 3 rings (SSSR count). The number of hydrogen-bond acceptors (Lipinski definition) is 4. The molecule has 0 bridgehead atoms. The molecule has 0 radical (unpaired) electrons. The zero-order valence-electron chi connectivity index (χ0n) is 10.5. The molecule has 1 aromatic heterocycles. The maximum absolute atomic E-state index is 12.1. The maximum Gasteiger partial charge on any atom is 0.287 e. The van der Waals surface area contributed by atoms with E-state index in [0.29, 0.717) is 23.6 Å². The monoisotopic (exact) mass is 260 g/mol. The van der Waals surface area contributed by atoms with Crippen molar-refractivity contribution in [2.45, 2.75) is 18.9 Å². The molecule has 1 aliphatic heterocycles. The van der Waals surface area contributed by atoms with Gasteiger partial charge in [0.1, 0.15) is 5.58 Å². The molecule has 5 heteroatoms. The molecule has 2 heterocycles. The van der Waals surface area contributed by atoms with E-state index < -0.39 is 0 Å². The van der Waals surface area contributed by atoms with E-state index in [1.807, 2.05) is 0 Å². The van der Waals surface area contributed by atoms with Crippen LogP contribution in [0, 0.1) is 0 Å². The molecule has 1 atom stereocenters. The first-order chi connectivity index (χ1) is 9.22. The van der Waals surface area contributed by atoms with Crippen LogP contribution >= 0.6 is 0 Å². The Hall–Kier alpha value is -2.01. The zero-order chi connectivity index (χ0) is 13.2. The second-order valence-corrected chi connectivity index (χ2v) is 4.80. The van der Waals surface area contributed by atoms with Crippen molar-refractivity contribution in [1.29, 1.82) is 0 Å². The van der Waals surface area contributed by atoms with Crippen LogP contribution in [0.4, 0.5) is 5.69 Å². The van der Waals surface area contributed by atoms with Gasteiger partial charge in [0.2, 0.25) is 0 Å². The first-order valence-electron chi connectivity index (χ1n) is 6.40. The summed E-state index contributed by atoms with van der Waals surface area (Å²) in [5.74, 6) is 0.108. The Morgan fingerprint density at radius 2 is 2.26 bits per heavy atom. The van der Waals surface area contributed by atoms with E-state index >= 15 is 0 Å². The number of anilines is 1. The van der Waals surface area contributed by atoms with Crippen molar-refractivity contribution in [2.24, 2.45) is 0 Å². The summed E-state index contributed by atoms with van der Waals surface area (Å²) in [7, 11) is 0. The van der Waals surface area contributed by atoms with E-state index in [2.05, 4.69) is 5.32 Å². The first kappa shape index (κ1) is 12.0. The van der Waals surface area contributed by atoms with E-state index in [4.69, 9.17) is 14.9 Å². The van der Waals surface area contributed by atoms with Crippen LogP contribution in [-0.2, 0) is 4.74 Å². The van der Waals surface area contributed by atoms with Crippen LogP contribution in [0.3, 0.4) is 0 Å². The summed E-state index contributed by atoms with van der Waals surface area (Å²) in [6.07, 6.45) is 1.92. The Labute approximate surface area is 110 Å². The lowest BCUT2D eigenvalue weighted by atomic mass is 10.1. The number of nitrogen functional groups attached to an aromatic ring is 1. The van der Waals surface area contributed by atoms with E-state index in [1.54, 1.807) is 24.3 Å². The fourth-order valence-corrected chi connectivity index (χ4v) is 2.28. The zero-order valence-corrected chi connectivity index (χ0v) is 10.5. The quantitative estimate of drug-likeness (QED) is 0.809. The van der Waals surface area contributed by atoms with Crippen molar-refractivity contribution in [3.05, 3.63) is 30.0 Å². The van der Waals surface area contributed by atoms with Crippen molar-refractivity contribution in [3.8, 4) is 0 Å². The van der Waals surface area contributed by atoms with E-state index in [0.717, 1.165) is 24.8 Å². The van der Waals surface area contributed by atoms with Gasteiger partial charge in [-0.15, -0.1) is 0 Å². The fourth-order valence-electron chi connectivity index (χ4n) is 2.28. The van der Waals surface area contributed by atoms with E-state index in [9.17, 15) is 4.79 Å². The topological polar surface area (TPSA) is 77.5 Å². The number of nitrogens with two attached hydrogens (primary N) is 1. The van der Waals surface area contributed by atoms with Crippen LogP contribution < -0.4 is 11.1 Å². The van der Waals surface area contributed by atoms with E-state index in [1.165, 1.54) is 0 Å². The summed E-state index contributed by atoms with van der Waals surface area (Å²) in [5.41, 5.74) is 7.02. The highest BCUT2D eigenvalue weighted by Gasteiger charge is 2.19. The molecule has 1 aliphatic rings. The van der Waals surface area contributed by atoms with E-state index in [-0.39, 0.29) is 11.9 Å². The largest absolute Gasteiger partial charge is 0.451 e. The van der Waals surface area contributed by atoms with Gasteiger partial charge in [-0.2, -0.15) is 0 Å². The van der Waals surface area contributed by atoms with Crippen LogP contribution in [0.2, 0.25) is 0 Å². The third-order valence-electron chi connectivity index (χ3n) is 3.26. The van der Waals surface area contributed by atoms with Gasteiger partial charge in [-0.3, -0.25) is 4.79 Å². The van der Waals surface area contributed by atoms with Gasteiger partial charge in [0.25, 0.3) is 5.91 Å². The van der Waals surface area contributed by atoms with Crippen LogP contribution in [0.5, 0.6) is 0 Å². The molecule has 1 unspecified atom stereocenters. The number of fused-ring (bicyclic) bond motifs is 1. The molecule has 1 fully saturated rings. The SMILES string of the molecule is Nc1ccc2oc(C(=O)NC3CCCOC3)cc2c1. The predicted octanol–water partition coefficient (Wildman–Crippen LogP) is 1.92. The molecular weight excluding hydrogens is 244 g/mol. The van der Waals surface area contributed by atoms with Gasteiger partial charge in [0.05, 0.1) is 12.6 Å². The summed E-state index contributed by atoms with van der Waals surface area (Å²) in [4.78, 5) is 12.1. The maximum atomic E-state index is 12.1. The molecule has 0 saturated carbocycles. The average molecular weight is 260 g/mol. The average Bonchev–Trinajstić information content (AvgIpc) is 2.83. The minimum atomic E-state index is -0.203. The van der Waals surface area contributed by atoms with Crippen molar-refractivity contribution < 1.29 is 13.9 Å². The summed E-state index contributed by atoms with van der Waals surface area (Å²) in [6.45, 7) is 1.34. The summed E-state index contributed by atoms with van der Waals surface area (Å²) < 4.78 is 10.8. The minimum absolute atomic E-state index is 0.0690. The number of carbonyl (C=O) groups is 1. The van der Waals surface area contributed by atoms with Crippen LogP contribution in [-0.4, -0.2) is 25.2 Å². The Morgan fingerprint density at radius 3 is 3.05 bits per heavy atom. The number of nitrogens with one attached hydrogen (secondary N) is 1. The predicted molar refractivity (Wildman–Crippen MR) is 71.9 cm³/mol. The number of carbonyl (C=O) groups excluding carboxylic acids is 1. The van der Waals surface area contributed by atoms with Crippen LogP contribution in [0.15, 0.2) is 28.7 Å². The molecular formula is C14H16N2O3. The molecule has 1 aromatic carbocycles. The van der Waals surface area contributed by atoms with Crippen molar-refractivity contribution in [3.63, 3.8) is 0 Å². The Morgan fingerprint density at radius 1 is 1.37 bits per heavy atom. The van der Waals surface area contributed by atoms with Crippen molar-refractivity contribution in [2.75, 3.05) is 18.9 Å². The summed E-state index contributed by atoms with van der Waals surface area (Å²) >= 11 is 0. The first-order valence-corrected chi connectivity index (χ1v) is 6.40. The Bertz CT molecular complexity index is 600. The lowest BCUT2D eigenvalue weighted by Gasteiger charge is -2.22. The van der Waals surface area contributed by atoms with Gasteiger partial charge < -0.3 is 20.2 Å². The molecule has 100 valence electrons. The van der Waals surface area contributed by atoms with Crippen molar-refractivity contribution in [1.82, 2.24) is 5.32 Å². The smallest absolute Gasteiger partial charge is 0.287 e. The summed E-state index contributed by atoms with van der Waals surface area (Å²) in [5, 5.41) is 3.76. The van der Waals surface area contributed by atoms with Gasteiger partial charge in [0, 0.05) is 17.7 Å². The Kier molecular flexibility index (Phi) is 3.13. The number of ether oxygens (including phenoxy) is 1. The van der Waals surface area contributed by atoms with Gasteiger partial charge >= 0.3 is 0 Å². The van der Waals surface area contributed by atoms with Gasteiger partial charge in [-0.05, 0) is 37.1 Å². The highest BCUT2D eigenvalue weighted by atomic mass is 16.5. The minimum Gasteiger partial charge on any atom is -0.451 e. The second-order valence-electron chi connectivity index (χ2n) is 4.80. The second kappa shape index (κ2) is 4.93. The molecule has 1 amide bonds. The molecule has 19 heavy (non-hydrogen) atoms. The number of rotatable bonds is 2. The highest BCUT2D eigenvalue weighted by molar-refractivity contribution is 5.96. The number of furan rings is 1. The molecule has 2 aromatic rings. The Balaban J connectivity index is 1.77. The lowest BCUT2D eigenvalue weighted by Crippen LogP contribution is -2.40. The van der Waals surface area contributed by atoms with Gasteiger partial charge in [-0.1, -0.05) is 0 Å². The van der Waals surface area contributed by atoms with Crippen LogP contribution in [0.1, 0.15) is 23.4 Å². The molecule has 5 nitrogen and oxygen atoms in total. The highest BCUT2D eigenvalue weighted by Crippen LogP contribution is 2.22. The third kappa shape index (κ3) is 2.56. The molecule has 1 saturated heterocycles. The van der Waals surface area contributed by atoms with Gasteiger partial charge in [-0.25, -0.2) is 0 Å². The summed E-state index contributed by atoms with van der Waals surface area (Å²) in [6, 6.07) is 7.09. The normalized spacial score (nSPS) is 19.5. The number of amides is 1. The number of hydrogen-bond donors (Lipinski definition) is 2. The lowest BCUT2D eigenvalue weighted by molar-refractivity contribution is 0.0613. The molecule has 3 N–H and O–H groups in total.